The molecule has 2 rings (SSSR count). The van der Waals surface area contributed by atoms with Crippen molar-refractivity contribution in [1.82, 2.24) is 0 Å². The first-order valence-electron chi connectivity index (χ1n) is 6.10. The molecule has 0 saturated heterocycles. The minimum absolute atomic E-state index is 0.129. The molecular formula is C14H13NO5S. The van der Waals surface area contributed by atoms with Crippen molar-refractivity contribution >= 4 is 15.5 Å². The number of nitro groups is 1. The van der Waals surface area contributed by atoms with Gasteiger partial charge in [-0.3, -0.25) is 10.1 Å². The maximum atomic E-state index is 12.5. The van der Waals surface area contributed by atoms with Crippen LogP contribution in [0.3, 0.4) is 0 Å². The first-order valence-corrected chi connectivity index (χ1v) is 7.65. The second-order valence-corrected chi connectivity index (χ2v) is 6.77. The Morgan fingerprint density at radius 2 is 1.76 bits per heavy atom. The molecule has 0 aliphatic rings. The number of rotatable bonds is 4. The summed E-state index contributed by atoms with van der Waals surface area (Å²) < 4.78 is 24.9. The van der Waals surface area contributed by atoms with Crippen LogP contribution in [0.1, 0.15) is 17.7 Å². The van der Waals surface area contributed by atoms with Gasteiger partial charge >= 0.3 is 0 Å². The van der Waals surface area contributed by atoms with Crippen molar-refractivity contribution in [1.29, 1.82) is 0 Å². The van der Waals surface area contributed by atoms with Crippen LogP contribution in [0.4, 0.5) is 5.69 Å². The molecule has 1 atom stereocenters. The molecule has 7 heteroatoms. The zero-order chi connectivity index (χ0) is 15.6. The van der Waals surface area contributed by atoms with Crippen LogP contribution < -0.4 is 0 Å². The van der Waals surface area contributed by atoms with E-state index in [9.17, 15) is 23.6 Å². The molecule has 0 heterocycles. The van der Waals surface area contributed by atoms with E-state index in [-0.39, 0.29) is 16.1 Å². The number of phenolic OH excluding ortho intramolecular Hbond substituents is 1. The van der Waals surface area contributed by atoms with Gasteiger partial charge < -0.3 is 5.11 Å². The van der Waals surface area contributed by atoms with E-state index in [2.05, 4.69) is 0 Å². The molecule has 0 spiro atoms. The maximum Gasteiger partial charge on any atom is 0.273 e. The predicted molar refractivity (Wildman–Crippen MR) is 76.8 cm³/mol. The van der Waals surface area contributed by atoms with Crippen molar-refractivity contribution in [2.45, 2.75) is 17.1 Å². The Balaban J connectivity index is 2.45. The molecule has 0 bridgehead atoms. The molecular weight excluding hydrogens is 294 g/mol. The third-order valence-electron chi connectivity index (χ3n) is 3.20. The standard InChI is InChI=1S/C14H13NO5S/c1-10(21(19,20)12-5-3-2-4-6-12)13-8-7-11(15(17)18)9-14(13)16/h2-10,16H,1H3. The van der Waals surface area contributed by atoms with Crippen LogP contribution in [0, 0.1) is 10.1 Å². The molecule has 2 aromatic rings. The van der Waals surface area contributed by atoms with Gasteiger partial charge in [0.2, 0.25) is 0 Å². The number of phenols is 1. The fraction of sp³-hybridized carbons (Fsp3) is 0.143. The maximum absolute atomic E-state index is 12.5. The molecule has 0 saturated carbocycles. The van der Waals surface area contributed by atoms with Gasteiger partial charge in [-0.05, 0) is 25.1 Å². The molecule has 0 aliphatic heterocycles. The van der Waals surface area contributed by atoms with Crippen LogP contribution in [-0.2, 0) is 9.84 Å². The quantitative estimate of drug-likeness (QED) is 0.692. The summed E-state index contributed by atoms with van der Waals surface area (Å²) in [5.41, 5.74) is -0.162. The molecule has 0 aliphatic carbocycles. The van der Waals surface area contributed by atoms with E-state index >= 15 is 0 Å². The highest BCUT2D eigenvalue weighted by atomic mass is 32.2. The summed E-state index contributed by atoms with van der Waals surface area (Å²) in [6.07, 6.45) is 0. The Kier molecular flexibility index (Phi) is 3.95. The van der Waals surface area contributed by atoms with Gasteiger partial charge in [0.1, 0.15) is 5.75 Å². The van der Waals surface area contributed by atoms with E-state index in [1.54, 1.807) is 18.2 Å². The first kappa shape index (κ1) is 15.0. The highest BCUT2D eigenvalue weighted by Crippen LogP contribution is 2.35. The minimum Gasteiger partial charge on any atom is -0.507 e. The number of benzene rings is 2. The summed E-state index contributed by atoms with van der Waals surface area (Å²) in [7, 11) is -3.68. The van der Waals surface area contributed by atoms with E-state index in [0.717, 1.165) is 6.07 Å². The zero-order valence-electron chi connectivity index (χ0n) is 11.1. The van der Waals surface area contributed by atoms with Crippen LogP contribution >= 0.6 is 0 Å². The fourth-order valence-electron chi connectivity index (χ4n) is 1.97. The topological polar surface area (TPSA) is 97.5 Å². The Hall–Kier alpha value is -2.41. The van der Waals surface area contributed by atoms with Crippen LogP contribution in [0.25, 0.3) is 0 Å². The summed E-state index contributed by atoms with van der Waals surface area (Å²) in [5, 5.41) is 19.5. The van der Waals surface area contributed by atoms with Crippen LogP contribution in [0.2, 0.25) is 0 Å². The van der Waals surface area contributed by atoms with Gasteiger partial charge in [-0.25, -0.2) is 8.42 Å². The molecule has 1 N–H and O–H groups in total. The number of hydrogen-bond donors (Lipinski definition) is 1. The average molecular weight is 307 g/mol. The van der Waals surface area contributed by atoms with Crippen molar-refractivity contribution in [3.63, 3.8) is 0 Å². The fourth-order valence-corrected chi connectivity index (χ4v) is 3.45. The van der Waals surface area contributed by atoms with Gasteiger partial charge in [0, 0.05) is 11.6 Å². The second-order valence-electron chi connectivity index (χ2n) is 4.50. The first-order chi connectivity index (χ1) is 9.84. The number of nitrogens with zero attached hydrogens (tertiary/aromatic N) is 1. The number of hydrogen-bond acceptors (Lipinski definition) is 5. The van der Waals surface area contributed by atoms with Gasteiger partial charge in [0.25, 0.3) is 5.69 Å². The molecule has 21 heavy (non-hydrogen) atoms. The smallest absolute Gasteiger partial charge is 0.273 e. The molecule has 1 unspecified atom stereocenters. The lowest BCUT2D eigenvalue weighted by Gasteiger charge is -2.14. The van der Waals surface area contributed by atoms with E-state index in [1.165, 1.54) is 31.2 Å². The van der Waals surface area contributed by atoms with E-state index in [0.29, 0.717) is 0 Å². The van der Waals surface area contributed by atoms with Gasteiger partial charge in [-0.2, -0.15) is 0 Å². The Bertz CT molecular complexity index is 771. The summed E-state index contributed by atoms with van der Waals surface area (Å²) >= 11 is 0. The Labute approximate surface area is 121 Å². The highest BCUT2D eigenvalue weighted by Gasteiger charge is 2.27. The summed E-state index contributed by atoms with van der Waals surface area (Å²) in [6, 6.07) is 11.2. The lowest BCUT2D eigenvalue weighted by Crippen LogP contribution is -2.11. The molecule has 110 valence electrons. The van der Waals surface area contributed by atoms with Crippen molar-refractivity contribution < 1.29 is 18.4 Å². The summed E-state index contributed by atoms with van der Waals surface area (Å²) in [6.45, 7) is 1.43. The molecule has 0 aromatic heterocycles. The third-order valence-corrected chi connectivity index (χ3v) is 5.31. The van der Waals surface area contributed by atoms with Gasteiger partial charge in [-0.1, -0.05) is 18.2 Å². The lowest BCUT2D eigenvalue weighted by atomic mass is 10.1. The van der Waals surface area contributed by atoms with Gasteiger partial charge in [0.05, 0.1) is 21.1 Å². The number of aromatic hydroxyl groups is 1. The SMILES string of the molecule is CC(c1ccc([N+](=O)[O-])cc1O)S(=O)(=O)c1ccccc1. The van der Waals surface area contributed by atoms with Crippen molar-refractivity contribution in [3.05, 3.63) is 64.2 Å². The number of non-ortho nitro benzene ring substituents is 1. The minimum atomic E-state index is -3.68. The molecule has 0 fully saturated rings. The van der Waals surface area contributed by atoms with Crippen molar-refractivity contribution in [2.24, 2.45) is 0 Å². The summed E-state index contributed by atoms with van der Waals surface area (Å²) in [5.74, 6) is -0.406. The molecule has 2 aromatic carbocycles. The average Bonchev–Trinajstić information content (AvgIpc) is 2.47. The van der Waals surface area contributed by atoms with Crippen molar-refractivity contribution in [2.75, 3.05) is 0 Å². The molecule has 0 radical (unpaired) electrons. The van der Waals surface area contributed by atoms with Crippen LogP contribution in [-0.4, -0.2) is 18.4 Å². The van der Waals surface area contributed by atoms with Gasteiger partial charge in [0.15, 0.2) is 9.84 Å². The zero-order valence-corrected chi connectivity index (χ0v) is 11.9. The number of nitro benzene ring substituents is 1. The Morgan fingerprint density at radius 1 is 1.14 bits per heavy atom. The monoisotopic (exact) mass is 307 g/mol. The van der Waals surface area contributed by atoms with Crippen molar-refractivity contribution in [3.8, 4) is 5.75 Å². The van der Waals surface area contributed by atoms with Crippen LogP contribution in [0.15, 0.2) is 53.4 Å². The largest absolute Gasteiger partial charge is 0.507 e. The lowest BCUT2D eigenvalue weighted by molar-refractivity contribution is -0.384. The second kappa shape index (κ2) is 5.53. The van der Waals surface area contributed by atoms with Crippen LogP contribution in [0.5, 0.6) is 5.75 Å². The highest BCUT2D eigenvalue weighted by molar-refractivity contribution is 7.91. The predicted octanol–water partition coefficient (Wildman–Crippen LogP) is 2.84. The van der Waals surface area contributed by atoms with Gasteiger partial charge in [-0.15, -0.1) is 0 Å². The van der Waals surface area contributed by atoms with E-state index < -0.39 is 25.8 Å². The normalized spacial score (nSPS) is 12.8. The molecule has 6 nitrogen and oxygen atoms in total. The van der Waals surface area contributed by atoms with E-state index in [4.69, 9.17) is 0 Å². The number of sulfone groups is 1. The van der Waals surface area contributed by atoms with E-state index in [1.807, 2.05) is 0 Å². The summed E-state index contributed by atoms with van der Waals surface area (Å²) in [4.78, 5) is 10.1. The third kappa shape index (κ3) is 2.87. The molecule has 0 amide bonds. The Morgan fingerprint density at radius 3 is 2.29 bits per heavy atom.